The van der Waals surface area contributed by atoms with Crippen molar-refractivity contribution in [2.24, 2.45) is 7.05 Å². The molecule has 26 heavy (non-hydrogen) atoms. The molecule has 1 amide bonds. The van der Waals surface area contributed by atoms with Crippen LogP contribution in [0.1, 0.15) is 12.0 Å². The van der Waals surface area contributed by atoms with Gasteiger partial charge in [-0.2, -0.15) is 5.26 Å². The van der Waals surface area contributed by atoms with E-state index in [9.17, 15) is 4.79 Å². The molecule has 0 spiro atoms. The van der Waals surface area contributed by atoms with Crippen molar-refractivity contribution in [3.8, 4) is 17.3 Å². The van der Waals surface area contributed by atoms with Gasteiger partial charge in [-0.25, -0.2) is 9.97 Å². The zero-order valence-corrected chi connectivity index (χ0v) is 14.2. The van der Waals surface area contributed by atoms with Crippen LogP contribution >= 0.6 is 0 Å². The van der Waals surface area contributed by atoms with Gasteiger partial charge in [-0.3, -0.25) is 4.79 Å². The number of imidazole rings is 1. The first-order valence-corrected chi connectivity index (χ1v) is 8.17. The average Bonchev–Trinajstić information content (AvgIpc) is 3.24. The first-order valence-electron chi connectivity index (χ1n) is 8.17. The standard InChI is InChI=1S/C19H16N6O/c1-25-11-23-16-10-22-19-14(18(16)25)8-15(24-19)13-4-2-3-12(7-13)9-21-17(26)5-6-20/h2-4,7-8,10-11H,5,9H2,1H3,(H,21,26)(H,22,24). The van der Waals surface area contributed by atoms with E-state index < -0.39 is 0 Å². The Morgan fingerprint density at radius 1 is 1.35 bits per heavy atom. The first kappa shape index (κ1) is 15.8. The van der Waals surface area contributed by atoms with Crippen LogP contribution in [0.3, 0.4) is 0 Å². The van der Waals surface area contributed by atoms with Gasteiger partial charge in [-0.1, -0.05) is 18.2 Å². The number of hydrogen-bond acceptors (Lipinski definition) is 4. The number of pyridine rings is 1. The van der Waals surface area contributed by atoms with Crippen LogP contribution in [-0.4, -0.2) is 25.4 Å². The number of nitrogens with one attached hydrogen (secondary N) is 2. The van der Waals surface area contributed by atoms with Crippen LogP contribution in [0.4, 0.5) is 0 Å². The Bertz CT molecular complexity index is 1160. The minimum Gasteiger partial charge on any atom is -0.351 e. The van der Waals surface area contributed by atoms with Crippen LogP contribution in [0.5, 0.6) is 0 Å². The lowest BCUT2D eigenvalue weighted by atomic mass is 10.1. The number of fused-ring (bicyclic) bond motifs is 3. The fraction of sp³-hybridized carbons (Fsp3) is 0.158. The van der Waals surface area contributed by atoms with Gasteiger partial charge >= 0.3 is 0 Å². The predicted molar refractivity (Wildman–Crippen MR) is 97.9 cm³/mol. The molecular weight excluding hydrogens is 328 g/mol. The molecule has 0 saturated carbocycles. The number of nitrogens with zero attached hydrogens (tertiary/aromatic N) is 4. The maximum Gasteiger partial charge on any atom is 0.234 e. The molecule has 0 aliphatic rings. The van der Waals surface area contributed by atoms with E-state index in [0.717, 1.165) is 38.9 Å². The maximum absolute atomic E-state index is 11.5. The fourth-order valence-electron chi connectivity index (χ4n) is 3.06. The monoisotopic (exact) mass is 344 g/mol. The van der Waals surface area contributed by atoms with Gasteiger partial charge < -0.3 is 14.9 Å². The number of H-pyrrole nitrogens is 1. The topological polar surface area (TPSA) is 99.4 Å². The van der Waals surface area contributed by atoms with Crippen LogP contribution < -0.4 is 5.32 Å². The molecule has 0 saturated heterocycles. The lowest BCUT2D eigenvalue weighted by Crippen LogP contribution is -2.21. The number of nitriles is 1. The second-order valence-corrected chi connectivity index (χ2v) is 6.10. The number of carbonyl (C=O) groups is 1. The molecule has 4 rings (SSSR count). The molecule has 0 fully saturated rings. The van der Waals surface area contributed by atoms with Crippen molar-refractivity contribution in [3.63, 3.8) is 0 Å². The van der Waals surface area contributed by atoms with E-state index in [4.69, 9.17) is 5.26 Å². The van der Waals surface area contributed by atoms with Gasteiger partial charge in [-0.05, 0) is 23.3 Å². The molecule has 0 atom stereocenters. The van der Waals surface area contributed by atoms with Crippen molar-refractivity contribution in [1.29, 1.82) is 5.26 Å². The Labute approximate surface area is 149 Å². The Balaban J connectivity index is 1.68. The zero-order valence-electron chi connectivity index (χ0n) is 14.2. The number of amides is 1. The van der Waals surface area contributed by atoms with Crippen LogP contribution in [0.15, 0.2) is 42.9 Å². The summed E-state index contributed by atoms with van der Waals surface area (Å²) in [6, 6.07) is 11.8. The van der Waals surface area contributed by atoms with Gasteiger partial charge in [0.05, 0.1) is 24.1 Å². The Morgan fingerprint density at radius 2 is 2.23 bits per heavy atom. The lowest BCUT2D eigenvalue weighted by Gasteiger charge is -2.05. The summed E-state index contributed by atoms with van der Waals surface area (Å²) in [5, 5.41) is 12.3. The SMILES string of the molecule is Cn1cnc2cnc3[nH]c(-c4cccc(CNC(=O)CC#N)c4)cc3c21. The molecule has 0 bridgehead atoms. The quantitative estimate of drug-likeness (QED) is 0.594. The van der Waals surface area contributed by atoms with E-state index in [0.29, 0.717) is 6.54 Å². The third-order valence-corrected chi connectivity index (χ3v) is 4.30. The summed E-state index contributed by atoms with van der Waals surface area (Å²) in [4.78, 5) is 23.6. The summed E-state index contributed by atoms with van der Waals surface area (Å²) in [6.45, 7) is 0.388. The molecule has 2 N–H and O–H groups in total. The fourth-order valence-corrected chi connectivity index (χ4v) is 3.06. The molecule has 0 unspecified atom stereocenters. The normalized spacial score (nSPS) is 10.9. The molecule has 128 valence electrons. The highest BCUT2D eigenvalue weighted by Crippen LogP contribution is 2.28. The first-order chi connectivity index (χ1) is 12.7. The van der Waals surface area contributed by atoms with Gasteiger partial charge in [0.15, 0.2) is 0 Å². The van der Waals surface area contributed by atoms with Crippen molar-refractivity contribution >= 4 is 28.0 Å². The summed E-state index contributed by atoms with van der Waals surface area (Å²) >= 11 is 0. The molecule has 0 radical (unpaired) electrons. The summed E-state index contributed by atoms with van der Waals surface area (Å²) in [7, 11) is 1.96. The summed E-state index contributed by atoms with van der Waals surface area (Å²) in [5.74, 6) is -0.272. The number of aromatic nitrogens is 4. The smallest absolute Gasteiger partial charge is 0.234 e. The van der Waals surface area contributed by atoms with E-state index in [-0.39, 0.29) is 12.3 Å². The van der Waals surface area contributed by atoms with Gasteiger partial charge in [-0.15, -0.1) is 0 Å². The second kappa shape index (κ2) is 6.33. The van der Waals surface area contributed by atoms with Gasteiger partial charge in [0.1, 0.15) is 17.6 Å². The lowest BCUT2D eigenvalue weighted by molar-refractivity contribution is -0.120. The molecular formula is C19H16N6O. The van der Waals surface area contributed by atoms with Crippen molar-refractivity contribution < 1.29 is 4.79 Å². The highest BCUT2D eigenvalue weighted by atomic mass is 16.1. The minimum atomic E-state index is -0.272. The number of aryl methyl sites for hydroxylation is 1. The minimum absolute atomic E-state index is 0.131. The molecule has 0 aliphatic heterocycles. The maximum atomic E-state index is 11.5. The van der Waals surface area contributed by atoms with Crippen LogP contribution in [0.25, 0.3) is 33.3 Å². The molecule has 3 aromatic heterocycles. The highest BCUT2D eigenvalue weighted by molar-refractivity contribution is 6.03. The van der Waals surface area contributed by atoms with Crippen molar-refractivity contribution in [3.05, 3.63) is 48.4 Å². The number of carbonyl (C=O) groups excluding carboxylic acids is 1. The molecule has 0 aliphatic carbocycles. The number of aromatic amines is 1. The number of benzene rings is 1. The summed E-state index contributed by atoms with van der Waals surface area (Å²) in [6.07, 6.45) is 3.41. The van der Waals surface area contributed by atoms with E-state index in [1.165, 1.54) is 0 Å². The molecule has 7 nitrogen and oxygen atoms in total. The molecule has 7 heteroatoms. The molecule has 1 aromatic carbocycles. The van der Waals surface area contributed by atoms with Crippen LogP contribution in [0.2, 0.25) is 0 Å². The highest BCUT2D eigenvalue weighted by Gasteiger charge is 2.11. The van der Waals surface area contributed by atoms with Crippen LogP contribution in [0, 0.1) is 11.3 Å². The molecule has 3 heterocycles. The number of rotatable bonds is 4. The van der Waals surface area contributed by atoms with Crippen molar-refractivity contribution in [2.75, 3.05) is 0 Å². The Morgan fingerprint density at radius 3 is 3.08 bits per heavy atom. The number of hydrogen-bond donors (Lipinski definition) is 2. The van der Waals surface area contributed by atoms with E-state index >= 15 is 0 Å². The van der Waals surface area contributed by atoms with E-state index in [1.807, 2.05) is 41.9 Å². The van der Waals surface area contributed by atoms with Crippen molar-refractivity contribution in [1.82, 2.24) is 24.8 Å². The van der Waals surface area contributed by atoms with E-state index in [1.54, 1.807) is 12.5 Å². The molecule has 4 aromatic rings. The largest absolute Gasteiger partial charge is 0.351 e. The Hall–Kier alpha value is -3.66. The summed E-state index contributed by atoms with van der Waals surface area (Å²) < 4.78 is 1.98. The third-order valence-electron chi connectivity index (χ3n) is 4.30. The van der Waals surface area contributed by atoms with Gasteiger partial charge in [0, 0.05) is 24.7 Å². The van der Waals surface area contributed by atoms with Crippen molar-refractivity contribution in [2.45, 2.75) is 13.0 Å². The Kier molecular flexibility index (Phi) is 3.86. The van der Waals surface area contributed by atoms with Crippen LogP contribution in [-0.2, 0) is 18.4 Å². The summed E-state index contributed by atoms with van der Waals surface area (Å²) in [5.41, 5.74) is 5.63. The van der Waals surface area contributed by atoms with E-state index in [2.05, 4.69) is 26.3 Å². The third kappa shape index (κ3) is 2.78. The van der Waals surface area contributed by atoms with Gasteiger partial charge in [0.25, 0.3) is 0 Å². The second-order valence-electron chi connectivity index (χ2n) is 6.10. The average molecular weight is 344 g/mol. The predicted octanol–water partition coefficient (Wildman–Crippen LogP) is 2.65. The van der Waals surface area contributed by atoms with Gasteiger partial charge in [0.2, 0.25) is 5.91 Å². The zero-order chi connectivity index (χ0) is 18.1.